The molecule has 6 atom stereocenters. The maximum absolute atomic E-state index is 12.7. The van der Waals surface area contributed by atoms with Gasteiger partial charge in [0.1, 0.15) is 31.0 Å². The molecule has 0 aliphatic carbocycles. The molecular formula is C43H82O10. The lowest BCUT2D eigenvalue weighted by Gasteiger charge is -2.39. The smallest absolute Gasteiger partial charge is 0.306 e. The molecule has 1 heterocycles. The Bertz CT molecular complexity index is 840. The van der Waals surface area contributed by atoms with Crippen molar-refractivity contribution in [2.75, 3.05) is 19.8 Å². The molecule has 4 N–H and O–H groups in total. The zero-order valence-corrected chi connectivity index (χ0v) is 34.0. The van der Waals surface area contributed by atoms with Crippen LogP contribution in [0.15, 0.2) is 0 Å². The number of rotatable bonds is 37. The summed E-state index contributed by atoms with van der Waals surface area (Å²) in [5.41, 5.74) is 0. The molecule has 1 aliphatic rings. The molecule has 0 amide bonds. The van der Waals surface area contributed by atoms with Gasteiger partial charge in [0, 0.05) is 12.8 Å². The monoisotopic (exact) mass is 759 g/mol. The van der Waals surface area contributed by atoms with Crippen molar-refractivity contribution >= 4 is 11.9 Å². The van der Waals surface area contributed by atoms with Crippen LogP contribution in [-0.4, -0.2) is 89.0 Å². The third kappa shape index (κ3) is 27.0. The van der Waals surface area contributed by atoms with Crippen molar-refractivity contribution < 1.29 is 49.0 Å². The zero-order chi connectivity index (χ0) is 38.8. The molecule has 10 heteroatoms. The second kappa shape index (κ2) is 35.1. The third-order valence-electron chi connectivity index (χ3n) is 10.5. The molecule has 1 aliphatic heterocycles. The number of aliphatic hydroxyl groups excluding tert-OH is 4. The summed E-state index contributed by atoms with van der Waals surface area (Å²) < 4.78 is 22.1. The second-order valence-corrected chi connectivity index (χ2v) is 15.5. The number of hydrogen-bond donors (Lipinski definition) is 4. The van der Waals surface area contributed by atoms with Crippen LogP contribution in [-0.2, 0) is 28.5 Å². The quantitative estimate of drug-likeness (QED) is 0.0357. The second-order valence-electron chi connectivity index (χ2n) is 15.5. The Morgan fingerprint density at radius 3 is 1.28 bits per heavy atom. The highest BCUT2D eigenvalue weighted by Gasteiger charge is 2.44. The summed E-state index contributed by atoms with van der Waals surface area (Å²) in [5, 5.41) is 40.0. The highest BCUT2D eigenvalue weighted by atomic mass is 16.7. The Labute approximate surface area is 323 Å². The van der Waals surface area contributed by atoms with Crippen molar-refractivity contribution in [2.45, 2.75) is 243 Å². The van der Waals surface area contributed by atoms with E-state index in [1.54, 1.807) is 0 Å². The fourth-order valence-corrected chi connectivity index (χ4v) is 6.95. The number of carbonyl (C=O) groups is 2. The van der Waals surface area contributed by atoms with Crippen LogP contribution in [0, 0.1) is 0 Å². The molecule has 10 nitrogen and oxygen atoms in total. The molecule has 1 saturated heterocycles. The van der Waals surface area contributed by atoms with Gasteiger partial charge >= 0.3 is 11.9 Å². The topological polar surface area (TPSA) is 152 Å². The van der Waals surface area contributed by atoms with Gasteiger partial charge in [-0.15, -0.1) is 0 Å². The number of esters is 2. The summed E-state index contributed by atoms with van der Waals surface area (Å²) in [7, 11) is 0. The van der Waals surface area contributed by atoms with Gasteiger partial charge in [-0.25, -0.2) is 0 Å². The van der Waals surface area contributed by atoms with Crippen LogP contribution in [0.2, 0.25) is 0 Å². The van der Waals surface area contributed by atoms with Gasteiger partial charge in [-0.3, -0.25) is 9.59 Å². The minimum absolute atomic E-state index is 0.209. The summed E-state index contributed by atoms with van der Waals surface area (Å²) in [4.78, 5) is 25.2. The largest absolute Gasteiger partial charge is 0.462 e. The molecule has 2 unspecified atom stereocenters. The van der Waals surface area contributed by atoms with Crippen molar-refractivity contribution in [2.24, 2.45) is 0 Å². The molecule has 0 aromatic rings. The summed E-state index contributed by atoms with van der Waals surface area (Å²) >= 11 is 0. The van der Waals surface area contributed by atoms with E-state index >= 15 is 0 Å². The lowest BCUT2D eigenvalue weighted by molar-refractivity contribution is -0.305. The first-order valence-electron chi connectivity index (χ1n) is 22.1. The lowest BCUT2D eigenvalue weighted by atomic mass is 9.99. The highest BCUT2D eigenvalue weighted by molar-refractivity contribution is 5.70. The average molecular weight is 759 g/mol. The van der Waals surface area contributed by atoms with Gasteiger partial charge < -0.3 is 39.4 Å². The molecule has 0 bridgehead atoms. The minimum Gasteiger partial charge on any atom is -0.462 e. The predicted molar refractivity (Wildman–Crippen MR) is 210 cm³/mol. The first-order valence-corrected chi connectivity index (χ1v) is 22.1. The van der Waals surface area contributed by atoms with Gasteiger partial charge in [-0.1, -0.05) is 181 Å². The van der Waals surface area contributed by atoms with Crippen LogP contribution in [0.1, 0.15) is 206 Å². The van der Waals surface area contributed by atoms with Crippen molar-refractivity contribution in [1.82, 2.24) is 0 Å². The normalized spacial score (nSPS) is 20.8. The van der Waals surface area contributed by atoms with Gasteiger partial charge in [-0.05, 0) is 12.8 Å². The summed E-state index contributed by atoms with van der Waals surface area (Å²) in [6.45, 7) is 3.44. The Balaban J connectivity index is 2.29. The fraction of sp³-hybridized carbons (Fsp3) is 0.953. The predicted octanol–water partition coefficient (Wildman–Crippen LogP) is 9.00. The molecule has 1 rings (SSSR count). The van der Waals surface area contributed by atoms with E-state index in [1.807, 2.05) is 0 Å². The van der Waals surface area contributed by atoms with Gasteiger partial charge in [-0.2, -0.15) is 0 Å². The molecule has 0 aromatic heterocycles. The van der Waals surface area contributed by atoms with Crippen LogP contribution in [0.25, 0.3) is 0 Å². The number of carbonyl (C=O) groups excluding carboxylic acids is 2. The Morgan fingerprint density at radius 2 is 0.887 bits per heavy atom. The van der Waals surface area contributed by atoms with Gasteiger partial charge in [0.2, 0.25) is 0 Å². The van der Waals surface area contributed by atoms with Crippen LogP contribution in [0.5, 0.6) is 0 Å². The molecule has 0 saturated carbocycles. The van der Waals surface area contributed by atoms with E-state index in [0.717, 1.165) is 38.5 Å². The molecule has 53 heavy (non-hydrogen) atoms. The fourth-order valence-electron chi connectivity index (χ4n) is 6.95. The Kier molecular flexibility index (Phi) is 33.0. The van der Waals surface area contributed by atoms with E-state index in [0.29, 0.717) is 6.42 Å². The number of aliphatic hydroxyl groups is 4. The van der Waals surface area contributed by atoms with E-state index in [9.17, 15) is 30.0 Å². The first kappa shape index (κ1) is 49.7. The Morgan fingerprint density at radius 1 is 0.509 bits per heavy atom. The zero-order valence-electron chi connectivity index (χ0n) is 34.0. The number of unbranched alkanes of at least 4 members (excludes halogenated alkanes) is 26. The first-order chi connectivity index (χ1) is 25.8. The van der Waals surface area contributed by atoms with E-state index in [1.165, 1.54) is 135 Å². The maximum Gasteiger partial charge on any atom is 0.306 e. The molecule has 0 aromatic carbocycles. The number of hydrogen-bond acceptors (Lipinski definition) is 10. The van der Waals surface area contributed by atoms with E-state index in [2.05, 4.69) is 13.8 Å². The summed E-state index contributed by atoms with van der Waals surface area (Å²) in [6.07, 6.45) is 26.8. The highest BCUT2D eigenvalue weighted by Crippen LogP contribution is 2.23. The van der Waals surface area contributed by atoms with E-state index in [-0.39, 0.29) is 32.0 Å². The molecule has 314 valence electrons. The SMILES string of the molecule is CCCCCCCCCCCCCCCCCCCC(=O)OC[C@@H](CO[C@H]1O[C@@H](CO)[C@@H](O)C(O)C1O)OC(=O)CCCCCCCCCCCCC. The molecule has 1 fully saturated rings. The van der Waals surface area contributed by atoms with Crippen molar-refractivity contribution in [3.8, 4) is 0 Å². The van der Waals surface area contributed by atoms with Crippen molar-refractivity contribution in [1.29, 1.82) is 0 Å². The Hall–Kier alpha value is -1.30. The maximum atomic E-state index is 12.7. The van der Waals surface area contributed by atoms with E-state index in [4.69, 9.17) is 18.9 Å². The molecule has 0 radical (unpaired) electrons. The van der Waals surface area contributed by atoms with Gasteiger partial charge in [0.15, 0.2) is 12.4 Å². The van der Waals surface area contributed by atoms with Crippen LogP contribution >= 0.6 is 0 Å². The van der Waals surface area contributed by atoms with Gasteiger partial charge in [0.25, 0.3) is 0 Å². The third-order valence-corrected chi connectivity index (χ3v) is 10.5. The van der Waals surface area contributed by atoms with E-state index < -0.39 is 49.4 Å². The van der Waals surface area contributed by atoms with Crippen LogP contribution in [0.4, 0.5) is 0 Å². The number of ether oxygens (including phenoxy) is 4. The average Bonchev–Trinajstić information content (AvgIpc) is 3.15. The summed E-state index contributed by atoms with van der Waals surface area (Å²) in [5.74, 6) is -0.794. The van der Waals surface area contributed by atoms with Gasteiger partial charge in [0.05, 0.1) is 13.2 Å². The minimum atomic E-state index is -1.59. The summed E-state index contributed by atoms with van der Waals surface area (Å²) in [6, 6.07) is 0. The molecule has 0 spiro atoms. The van der Waals surface area contributed by atoms with Crippen LogP contribution in [0.3, 0.4) is 0 Å². The molecular weight excluding hydrogens is 676 g/mol. The standard InChI is InChI=1S/C43H82O10/c1-3-5-7-9-11-13-15-16-17-18-19-20-22-23-25-27-29-31-38(45)50-34-36(35-51-43-42(49)41(48)40(47)37(33-44)53-43)52-39(46)32-30-28-26-24-21-14-12-10-8-6-4-2/h36-37,40-44,47-49H,3-35H2,1-2H3/t36-,37-,40+,41?,42?,43-/m0/s1. The lowest BCUT2D eigenvalue weighted by Crippen LogP contribution is -2.59. The van der Waals surface area contributed by atoms with Crippen molar-refractivity contribution in [3.05, 3.63) is 0 Å². The van der Waals surface area contributed by atoms with Crippen LogP contribution < -0.4 is 0 Å². The van der Waals surface area contributed by atoms with Crippen molar-refractivity contribution in [3.63, 3.8) is 0 Å².